The second-order valence-electron chi connectivity index (χ2n) is 6.59. The fraction of sp³-hybridized carbons (Fsp3) is 0.227. The lowest BCUT2D eigenvalue weighted by atomic mass is 10.2. The molecule has 0 fully saturated rings. The summed E-state index contributed by atoms with van der Waals surface area (Å²) in [5, 5.41) is 7.11. The normalized spacial score (nSPS) is 10.5. The van der Waals surface area contributed by atoms with E-state index in [1.54, 1.807) is 36.3 Å². The fourth-order valence-corrected chi connectivity index (χ4v) is 3.25. The van der Waals surface area contributed by atoms with Crippen molar-refractivity contribution in [3.8, 4) is 5.75 Å². The van der Waals surface area contributed by atoms with E-state index in [-0.39, 0.29) is 17.5 Å². The molecule has 30 heavy (non-hydrogen) atoms. The molecular weight excluding hydrogens is 404 g/mol. The number of ether oxygens (including phenoxy) is 1. The lowest BCUT2D eigenvalue weighted by Crippen LogP contribution is -2.35. The predicted molar refractivity (Wildman–Crippen MR) is 119 cm³/mol. The second kappa shape index (κ2) is 9.93. The smallest absolute Gasteiger partial charge is 0.287 e. The fourth-order valence-electron chi connectivity index (χ4n) is 2.99. The maximum atomic E-state index is 12.7. The SMILES string of the molecule is CCN(CC(=O)Nc1cccc(OC)c1)c1cnn(Cc2ccccc2)c(=O)c1Cl. The summed E-state index contributed by atoms with van der Waals surface area (Å²) in [5.74, 6) is 0.407. The van der Waals surface area contributed by atoms with Gasteiger partial charge in [-0.15, -0.1) is 0 Å². The molecule has 3 aromatic rings. The van der Waals surface area contributed by atoms with E-state index in [0.717, 1.165) is 5.56 Å². The number of benzene rings is 2. The van der Waals surface area contributed by atoms with E-state index in [1.807, 2.05) is 37.3 Å². The number of halogens is 1. The molecule has 1 amide bonds. The van der Waals surface area contributed by atoms with Gasteiger partial charge in [-0.2, -0.15) is 5.10 Å². The summed E-state index contributed by atoms with van der Waals surface area (Å²) in [4.78, 5) is 26.9. The number of carbonyl (C=O) groups is 1. The number of amides is 1. The lowest BCUT2D eigenvalue weighted by molar-refractivity contribution is -0.115. The molecule has 0 saturated carbocycles. The number of rotatable bonds is 8. The van der Waals surface area contributed by atoms with Gasteiger partial charge in [-0.25, -0.2) is 4.68 Å². The molecule has 0 spiro atoms. The third-order valence-corrected chi connectivity index (χ3v) is 4.91. The average molecular weight is 427 g/mol. The van der Waals surface area contributed by atoms with E-state index in [1.165, 1.54) is 10.9 Å². The lowest BCUT2D eigenvalue weighted by Gasteiger charge is -2.23. The number of hydrogen-bond donors (Lipinski definition) is 1. The molecule has 3 rings (SSSR count). The maximum absolute atomic E-state index is 12.7. The zero-order chi connectivity index (χ0) is 21.5. The molecule has 2 aromatic carbocycles. The number of nitrogens with one attached hydrogen (secondary N) is 1. The molecule has 0 unspecified atom stereocenters. The summed E-state index contributed by atoms with van der Waals surface area (Å²) < 4.78 is 6.48. The van der Waals surface area contributed by atoms with Crippen molar-refractivity contribution in [1.29, 1.82) is 0 Å². The first-order valence-corrected chi connectivity index (χ1v) is 9.88. The maximum Gasteiger partial charge on any atom is 0.287 e. The Hall–Kier alpha value is -3.32. The van der Waals surface area contributed by atoms with Crippen molar-refractivity contribution in [1.82, 2.24) is 9.78 Å². The highest BCUT2D eigenvalue weighted by Gasteiger charge is 2.17. The molecule has 1 aromatic heterocycles. The molecule has 0 saturated heterocycles. The molecule has 1 N–H and O–H groups in total. The molecule has 0 aliphatic carbocycles. The summed E-state index contributed by atoms with van der Waals surface area (Å²) in [5.41, 5.74) is 1.60. The minimum Gasteiger partial charge on any atom is -0.497 e. The van der Waals surface area contributed by atoms with E-state index >= 15 is 0 Å². The highest BCUT2D eigenvalue weighted by Crippen LogP contribution is 2.21. The zero-order valence-corrected chi connectivity index (χ0v) is 17.6. The van der Waals surface area contributed by atoms with E-state index < -0.39 is 5.56 Å². The number of likely N-dealkylation sites (N-methyl/N-ethyl adjacent to an activating group) is 1. The van der Waals surface area contributed by atoms with Crippen molar-refractivity contribution in [2.24, 2.45) is 0 Å². The van der Waals surface area contributed by atoms with Crippen LogP contribution in [-0.2, 0) is 11.3 Å². The summed E-state index contributed by atoms with van der Waals surface area (Å²) in [7, 11) is 1.56. The Balaban J connectivity index is 1.74. The van der Waals surface area contributed by atoms with Crippen LogP contribution in [-0.4, -0.2) is 35.9 Å². The highest BCUT2D eigenvalue weighted by atomic mass is 35.5. The van der Waals surface area contributed by atoms with Gasteiger partial charge in [0.05, 0.1) is 32.1 Å². The first kappa shape index (κ1) is 21.4. The third kappa shape index (κ3) is 5.18. The molecule has 0 bridgehead atoms. The number of aromatic nitrogens is 2. The third-order valence-electron chi connectivity index (χ3n) is 4.55. The van der Waals surface area contributed by atoms with Gasteiger partial charge in [0.15, 0.2) is 0 Å². The molecule has 7 nitrogen and oxygen atoms in total. The van der Waals surface area contributed by atoms with Crippen molar-refractivity contribution >= 4 is 28.9 Å². The Morgan fingerprint density at radius 3 is 2.67 bits per heavy atom. The van der Waals surface area contributed by atoms with E-state index in [2.05, 4.69) is 10.4 Å². The van der Waals surface area contributed by atoms with Crippen molar-refractivity contribution in [2.75, 3.05) is 30.4 Å². The second-order valence-corrected chi connectivity index (χ2v) is 6.96. The monoisotopic (exact) mass is 426 g/mol. The van der Waals surface area contributed by atoms with Gasteiger partial charge >= 0.3 is 0 Å². The van der Waals surface area contributed by atoms with Crippen LogP contribution in [0.4, 0.5) is 11.4 Å². The van der Waals surface area contributed by atoms with Gasteiger partial charge in [-0.3, -0.25) is 9.59 Å². The van der Waals surface area contributed by atoms with Crippen LogP contribution >= 0.6 is 11.6 Å². The molecule has 0 aliphatic rings. The topological polar surface area (TPSA) is 76.5 Å². The van der Waals surface area contributed by atoms with Gasteiger partial charge in [-0.1, -0.05) is 48.0 Å². The first-order valence-electron chi connectivity index (χ1n) is 9.50. The number of anilines is 2. The summed E-state index contributed by atoms with van der Waals surface area (Å²) >= 11 is 6.36. The Morgan fingerprint density at radius 1 is 1.20 bits per heavy atom. The Labute approximate surface area is 179 Å². The van der Waals surface area contributed by atoms with Gasteiger partial charge in [0.1, 0.15) is 10.8 Å². The number of carbonyl (C=O) groups excluding carboxylic acids is 1. The van der Waals surface area contributed by atoms with E-state index in [9.17, 15) is 9.59 Å². The van der Waals surface area contributed by atoms with Crippen molar-refractivity contribution < 1.29 is 9.53 Å². The van der Waals surface area contributed by atoms with Crippen LogP contribution in [0.15, 0.2) is 65.6 Å². The average Bonchev–Trinajstić information content (AvgIpc) is 2.76. The standard InChI is InChI=1S/C22H23ClN4O3/c1-3-26(15-20(28)25-17-10-7-11-18(12-17)30-2)19-13-24-27(22(29)21(19)23)14-16-8-5-4-6-9-16/h4-13H,3,14-15H2,1-2H3,(H,25,28). The van der Waals surface area contributed by atoms with Crippen molar-refractivity contribution in [3.63, 3.8) is 0 Å². The number of hydrogen-bond acceptors (Lipinski definition) is 5. The molecule has 0 radical (unpaired) electrons. The number of nitrogens with zero attached hydrogens (tertiary/aromatic N) is 3. The Morgan fingerprint density at radius 2 is 1.97 bits per heavy atom. The predicted octanol–water partition coefficient (Wildman–Crippen LogP) is 3.42. The van der Waals surface area contributed by atoms with E-state index in [4.69, 9.17) is 16.3 Å². The van der Waals surface area contributed by atoms with Crippen LogP contribution < -0.4 is 20.5 Å². The summed E-state index contributed by atoms with van der Waals surface area (Å²) in [6.45, 7) is 2.71. The Kier molecular flexibility index (Phi) is 7.08. The first-order chi connectivity index (χ1) is 14.5. The van der Waals surface area contributed by atoms with Gasteiger partial charge in [0.25, 0.3) is 5.56 Å². The highest BCUT2D eigenvalue weighted by molar-refractivity contribution is 6.33. The van der Waals surface area contributed by atoms with Gasteiger partial charge in [-0.05, 0) is 24.6 Å². The van der Waals surface area contributed by atoms with Gasteiger partial charge in [0, 0.05) is 18.3 Å². The molecule has 0 aliphatic heterocycles. The summed E-state index contributed by atoms with van der Waals surface area (Å²) in [6, 6.07) is 16.6. The zero-order valence-electron chi connectivity index (χ0n) is 16.8. The van der Waals surface area contributed by atoms with Crippen LogP contribution in [0.1, 0.15) is 12.5 Å². The van der Waals surface area contributed by atoms with Crippen LogP contribution in [0, 0.1) is 0 Å². The number of methoxy groups -OCH3 is 1. The van der Waals surface area contributed by atoms with E-state index in [0.29, 0.717) is 30.2 Å². The van der Waals surface area contributed by atoms with Gasteiger partial charge in [0.2, 0.25) is 5.91 Å². The Bertz CT molecular complexity index is 1070. The molecule has 0 atom stereocenters. The molecule has 8 heteroatoms. The van der Waals surface area contributed by atoms with Crippen LogP contribution in [0.5, 0.6) is 5.75 Å². The molecule has 156 valence electrons. The van der Waals surface area contributed by atoms with Crippen molar-refractivity contribution in [3.05, 3.63) is 81.7 Å². The van der Waals surface area contributed by atoms with Crippen LogP contribution in [0.25, 0.3) is 0 Å². The molecular formula is C22H23ClN4O3. The van der Waals surface area contributed by atoms with Crippen LogP contribution in [0.3, 0.4) is 0 Å². The summed E-state index contributed by atoms with van der Waals surface area (Å²) in [6.07, 6.45) is 1.52. The minimum atomic E-state index is -0.398. The largest absolute Gasteiger partial charge is 0.497 e. The van der Waals surface area contributed by atoms with Crippen LogP contribution in [0.2, 0.25) is 5.02 Å². The van der Waals surface area contributed by atoms with Gasteiger partial charge < -0.3 is 15.0 Å². The van der Waals surface area contributed by atoms with Crippen molar-refractivity contribution in [2.45, 2.75) is 13.5 Å². The quantitative estimate of drug-likeness (QED) is 0.597. The minimum absolute atomic E-state index is 0.0250. The molecule has 1 heterocycles.